The lowest BCUT2D eigenvalue weighted by molar-refractivity contribution is -0.0436. The molecule has 0 radical (unpaired) electrons. The number of hydrogen-bond acceptors (Lipinski definition) is 8. The quantitative estimate of drug-likeness (QED) is 0.680. The Hall–Kier alpha value is -2.19. The molecule has 0 aliphatic rings. The van der Waals surface area contributed by atoms with Gasteiger partial charge in [-0.15, -0.1) is 11.3 Å². The lowest BCUT2D eigenvalue weighted by atomic mass is 10.4. The molecule has 0 unspecified atom stereocenters. The highest BCUT2D eigenvalue weighted by molar-refractivity contribution is 7.93. The van der Waals surface area contributed by atoms with Crippen molar-refractivity contribution in [2.24, 2.45) is 0 Å². The number of thiazole rings is 1. The summed E-state index contributed by atoms with van der Waals surface area (Å²) in [5.41, 5.74) is -4.59. The van der Waals surface area contributed by atoms with Crippen molar-refractivity contribution >= 4 is 42.2 Å². The molecule has 0 saturated heterocycles. The van der Waals surface area contributed by atoms with Gasteiger partial charge in [-0.25, -0.2) is 26.6 Å². The number of halogens is 3. The first-order chi connectivity index (χ1) is 12.4. The molecule has 0 bridgehead atoms. The van der Waals surface area contributed by atoms with Gasteiger partial charge < -0.3 is 4.74 Å². The minimum absolute atomic E-state index is 0.0394. The van der Waals surface area contributed by atoms with Crippen molar-refractivity contribution in [2.45, 2.75) is 22.2 Å². The van der Waals surface area contributed by atoms with Gasteiger partial charge in [-0.1, -0.05) is 0 Å². The number of carbonyl (C=O) groups excluding carboxylic acids is 1. The molecule has 0 amide bonds. The van der Waals surface area contributed by atoms with Crippen LogP contribution in [0, 0.1) is 0 Å². The van der Waals surface area contributed by atoms with Crippen LogP contribution in [-0.4, -0.2) is 39.9 Å². The Labute approximate surface area is 156 Å². The maximum Gasteiger partial charge on any atom is 0.501 e. The number of rotatable bonds is 6. The highest BCUT2D eigenvalue weighted by Gasteiger charge is 2.46. The van der Waals surface area contributed by atoms with E-state index in [2.05, 4.69) is 9.71 Å². The van der Waals surface area contributed by atoms with E-state index in [0.717, 1.165) is 11.3 Å². The number of benzene rings is 1. The summed E-state index contributed by atoms with van der Waals surface area (Å²) in [6.07, 6.45) is 0. The molecule has 0 aliphatic heterocycles. The van der Waals surface area contributed by atoms with Crippen molar-refractivity contribution in [3.63, 3.8) is 0 Å². The molecule has 2 rings (SSSR count). The van der Waals surface area contributed by atoms with Crippen LogP contribution in [0.2, 0.25) is 0 Å². The number of sulfone groups is 1. The average molecular weight is 444 g/mol. The third-order valence-corrected chi connectivity index (χ3v) is 6.75. The normalized spacial score (nSPS) is 12.6. The zero-order valence-corrected chi connectivity index (χ0v) is 15.8. The Morgan fingerprint density at radius 2 is 1.70 bits per heavy atom. The van der Waals surface area contributed by atoms with Crippen LogP contribution >= 0.6 is 11.3 Å². The first-order valence-electron chi connectivity index (χ1n) is 6.95. The Morgan fingerprint density at radius 3 is 2.22 bits per heavy atom. The first-order valence-corrected chi connectivity index (χ1v) is 10.8. The van der Waals surface area contributed by atoms with E-state index >= 15 is 0 Å². The fraction of sp³-hybridized carbons (Fsp3) is 0.231. The van der Waals surface area contributed by atoms with Crippen LogP contribution in [0.25, 0.3) is 0 Å². The summed E-state index contributed by atoms with van der Waals surface area (Å²) in [5.74, 6) is -0.858. The van der Waals surface area contributed by atoms with Gasteiger partial charge in [0.25, 0.3) is 19.9 Å². The molecule has 0 spiro atoms. The largest absolute Gasteiger partial charge is 0.501 e. The first kappa shape index (κ1) is 21.1. The van der Waals surface area contributed by atoms with Gasteiger partial charge in [-0.3, -0.25) is 4.72 Å². The van der Waals surface area contributed by atoms with Crippen LogP contribution < -0.4 is 4.72 Å². The minimum atomic E-state index is -5.60. The molecule has 0 atom stereocenters. The maximum absolute atomic E-state index is 12.5. The van der Waals surface area contributed by atoms with E-state index in [9.17, 15) is 34.8 Å². The zero-order valence-electron chi connectivity index (χ0n) is 13.3. The van der Waals surface area contributed by atoms with E-state index in [-0.39, 0.29) is 17.3 Å². The molecule has 1 aromatic heterocycles. The van der Waals surface area contributed by atoms with Gasteiger partial charge in [0.15, 0.2) is 5.69 Å². The highest BCUT2D eigenvalue weighted by Crippen LogP contribution is 2.31. The zero-order chi connectivity index (χ0) is 20.5. The van der Waals surface area contributed by atoms with Crippen molar-refractivity contribution in [2.75, 3.05) is 11.3 Å². The van der Waals surface area contributed by atoms with E-state index < -0.39 is 41.1 Å². The molecule has 0 fully saturated rings. The third-order valence-electron chi connectivity index (χ3n) is 3.01. The summed E-state index contributed by atoms with van der Waals surface area (Å²) in [7, 11) is -9.91. The number of ether oxygens (including phenoxy) is 1. The van der Waals surface area contributed by atoms with Gasteiger partial charge in [0.1, 0.15) is 5.00 Å². The summed E-state index contributed by atoms with van der Waals surface area (Å²) in [5, 5.41) is -0.152. The topological polar surface area (TPSA) is 119 Å². The van der Waals surface area contributed by atoms with Crippen LogP contribution in [0.4, 0.5) is 18.2 Å². The number of carbonyl (C=O) groups is 1. The van der Waals surface area contributed by atoms with Gasteiger partial charge in [0, 0.05) is 0 Å². The number of anilines is 1. The van der Waals surface area contributed by atoms with Crippen LogP contribution in [0.1, 0.15) is 17.4 Å². The number of hydrogen-bond donors (Lipinski definition) is 1. The van der Waals surface area contributed by atoms with E-state index in [1.807, 2.05) is 0 Å². The van der Waals surface area contributed by atoms with Gasteiger partial charge >= 0.3 is 11.5 Å². The molecule has 148 valence electrons. The van der Waals surface area contributed by atoms with Crippen molar-refractivity contribution in [1.82, 2.24) is 4.98 Å². The molecule has 0 aliphatic carbocycles. The summed E-state index contributed by atoms with van der Waals surface area (Å²) >= 11 is 0.789. The molecular weight excluding hydrogens is 433 g/mol. The van der Waals surface area contributed by atoms with Crippen molar-refractivity contribution in [1.29, 1.82) is 0 Å². The van der Waals surface area contributed by atoms with E-state index in [1.165, 1.54) is 5.51 Å². The van der Waals surface area contributed by atoms with Gasteiger partial charge in [-0.05, 0) is 31.2 Å². The predicted octanol–water partition coefficient (Wildman–Crippen LogP) is 2.41. The van der Waals surface area contributed by atoms with Crippen molar-refractivity contribution in [3.8, 4) is 0 Å². The second-order valence-electron chi connectivity index (χ2n) is 4.78. The molecular formula is C13H11F3N2O6S3. The highest BCUT2D eigenvalue weighted by atomic mass is 32.2. The monoisotopic (exact) mass is 444 g/mol. The lowest BCUT2D eigenvalue weighted by Crippen LogP contribution is -2.23. The van der Waals surface area contributed by atoms with Gasteiger partial charge in [0.2, 0.25) is 0 Å². The molecule has 2 aromatic rings. The second kappa shape index (κ2) is 7.44. The Kier molecular flexibility index (Phi) is 5.82. The lowest BCUT2D eigenvalue weighted by Gasteiger charge is -2.10. The van der Waals surface area contributed by atoms with Crippen LogP contribution in [-0.2, 0) is 24.6 Å². The van der Waals surface area contributed by atoms with Crippen LogP contribution in [0.5, 0.6) is 0 Å². The van der Waals surface area contributed by atoms with Crippen molar-refractivity contribution in [3.05, 3.63) is 35.5 Å². The summed E-state index contributed by atoms with van der Waals surface area (Å²) in [6, 6.07) is 2.45. The van der Waals surface area contributed by atoms with Crippen molar-refractivity contribution < 1.29 is 39.5 Å². The summed E-state index contributed by atoms with van der Waals surface area (Å²) in [4.78, 5) is 13.8. The number of alkyl halides is 3. The molecule has 27 heavy (non-hydrogen) atoms. The Morgan fingerprint density at radius 1 is 1.15 bits per heavy atom. The van der Waals surface area contributed by atoms with Gasteiger partial charge in [-0.2, -0.15) is 13.2 Å². The Bertz CT molecular complexity index is 1040. The van der Waals surface area contributed by atoms with Crippen LogP contribution in [0.15, 0.2) is 39.6 Å². The molecule has 14 heteroatoms. The SMILES string of the molecule is CCOC(=O)c1ncsc1NS(=O)(=O)c1ccc(S(=O)(=O)C(F)(F)F)cc1. The standard InChI is InChI=1S/C13H11F3N2O6S3/c1-2-24-12(19)10-11(25-7-17-10)18-27(22,23)9-5-3-8(4-6-9)26(20,21)13(14,15)16/h3-7,18H,2H2,1H3. The molecule has 1 N–H and O–H groups in total. The number of nitrogens with zero attached hydrogens (tertiary/aromatic N) is 1. The number of esters is 1. The molecule has 8 nitrogen and oxygen atoms in total. The predicted molar refractivity (Wildman–Crippen MR) is 88.6 cm³/mol. The molecule has 1 aromatic carbocycles. The Balaban J connectivity index is 2.32. The minimum Gasteiger partial charge on any atom is -0.461 e. The third kappa shape index (κ3) is 4.39. The van der Waals surface area contributed by atoms with Crippen LogP contribution in [0.3, 0.4) is 0 Å². The average Bonchev–Trinajstić information content (AvgIpc) is 3.01. The molecule has 0 saturated carbocycles. The fourth-order valence-electron chi connectivity index (χ4n) is 1.78. The number of sulfonamides is 1. The number of aromatic nitrogens is 1. The van der Waals surface area contributed by atoms with E-state index in [4.69, 9.17) is 4.74 Å². The van der Waals surface area contributed by atoms with Gasteiger partial charge in [0.05, 0.1) is 21.9 Å². The molecule has 1 heterocycles. The van der Waals surface area contributed by atoms with E-state index in [1.54, 1.807) is 6.92 Å². The number of nitrogens with one attached hydrogen (secondary N) is 1. The maximum atomic E-state index is 12.5. The fourth-order valence-corrected chi connectivity index (χ4v) is 4.52. The van der Waals surface area contributed by atoms with E-state index in [0.29, 0.717) is 24.3 Å². The summed E-state index contributed by atoms with van der Waals surface area (Å²) < 4.78 is 91.6. The summed E-state index contributed by atoms with van der Waals surface area (Å²) in [6.45, 7) is 1.59. The smallest absolute Gasteiger partial charge is 0.461 e. The second-order valence-corrected chi connectivity index (χ2v) is 9.26.